The minimum atomic E-state index is 0.654. The van der Waals surface area contributed by atoms with E-state index in [1.54, 1.807) is 0 Å². The topological polar surface area (TPSA) is 51.6 Å². The molecule has 4 heteroatoms. The zero-order chi connectivity index (χ0) is 31.6. The van der Waals surface area contributed by atoms with E-state index in [1.807, 2.05) is 0 Å². The average molecular weight is 611 g/mol. The highest BCUT2D eigenvalue weighted by Crippen LogP contribution is 2.45. The van der Waals surface area contributed by atoms with Crippen LogP contribution in [0.25, 0.3) is 100 Å². The number of rotatable bonds is 4. The van der Waals surface area contributed by atoms with Gasteiger partial charge in [-0.15, -0.1) is 0 Å². The summed E-state index contributed by atoms with van der Waals surface area (Å²) in [4.78, 5) is 20.3. The van der Waals surface area contributed by atoms with Crippen molar-refractivity contribution in [3.63, 3.8) is 0 Å². The van der Waals surface area contributed by atoms with Gasteiger partial charge in [-0.25, -0.2) is 19.9 Å². The number of fused-ring (bicyclic) bond motifs is 5. The van der Waals surface area contributed by atoms with Gasteiger partial charge in [0.1, 0.15) is 0 Å². The molecule has 0 spiro atoms. The Kier molecular flexibility index (Phi) is 5.84. The molecular formula is C44H26N4. The molecule has 0 amide bonds. The lowest BCUT2D eigenvalue weighted by Gasteiger charge is -2.09. The van der Waals surface area contributed by atoms with Crippen LogP contribution < -0.4 is 0 Å². The van der Waals surface area contributed by atoms with Crippen LogP contribution in [0, 0.1) is 0 Å². The maximum absolute atomic E-state index is 5.10. The van der Waals surface area contributed by atoms with Crippen molar-refractivity contribution in [2.45, 2.75) is 0 Å². The zero-order valence-electron chi connectivity index (χ0n) is 25.8. The van der Waals surface area contributed by atoms with Crippen LogP contribution in [0.2, 0.25) is 0 Å². The van der Waals surface area contributed by atoms with E-state index >= 15 is 0 Å². The maximum Gasteiger partial charge on any atom is 0.168 e. The largest absolute Gasteiger partial charge is 0.227 e. The van der Waals surface area contributed by atoms with Gasteiger partial charge in [0.05, 0.1) is 16.8 Å². The first kappa shape index (κ1) is 26.7. The first-order valence-corrected chi connectivity index (χ1v) is 16.1. The van der Waals surface area contributed by atoms with Gasteiger partial charge < -0.3 is 0 Å². The summed E-state index contributed by atoms with van der Waals surface area (Å²) in [7, 11) is 0. The molecule has 2 heterocycles. The number of benzene rings is 7. The third kappa shape index (κ3) is 4.31. The minimum absolute atomic E-state index is 0.654. The Labute approximate surface area is 277 Å². The molecule has 0 fully saturated rings. The minimum Gasteiger partial charge on any atom is -0.227 e. The van der Waals surface area contributed by atoms with Crippen LogP contribution in [0.1, 0.15) is 0 Å². The van der Waals surface area contributed by atoms with E-state index in [-0.39, 0.29) is 0 Å². The second-order valence-corrected chi connectivity index (χ2v) is 12.3. The molecule has 0 unspecified atom stereocenters. The summed E-state index contributed by atoms with van der Waals surface area (Å²) in [5.41, 5.74) is 11.1. The molecule has 48 heavy (non-hydrogen) atoms. The first-order valence-electron chi connectivity index (χ1n) is 16.1. The molecule has 1 aliphatic carbocycles. The van der Waals surface area contributed by atoms with Gasteiger partial charge in [-0.05, 0) is 55.9 Å². The molecule has 1 aliphatic rings. The lowest BCUT2D eigenvalue weighted by Crippen LogP contribution is -1.98. The molecule has 0 N–H and O–H groups in total. The summed E-state index contributed by atoms with van der Waals surface area (Å²) in [6.07, 6.45) is 0. The van der Waals surface area contributed by atoms with Crippen LogP contribution in [0.5, 0.6) is 0 Å². The Morgan fingerprint density at radius 3 is 1.12 bits per heavy atom. The Bertz CT molecular complexity index is 2530. The number of aromatic nitrogens is 4. The molecule has 0 saturated carbocycles. The van der Waals surface area contributed by atoms with E-state index in [0.29, 0.717) is 17.3 Å². The van der Waals surface area contributed by atoms with Crippen molar-refractivity contribution in [3.8, 4) is 67.5 Å². The van der Waals surface area contributed by atoms with Gasteiger partial charge in [0.2, 0.25) is 0 Å². The van der Waals surface area contributed by atoms with Crippen LogP contribution >= 0.6 is 0 Å². The first-order chi connectivity index (χ1) is 23.7. The van der Waals surface area contributed by atoms with E-state index in [4.69, 9.17) is 19.9 Å². The smallest absolute Gasteiger partial charge is 0.168 e. The molecule has 0 saturated heterocycles. The number of nitrogens with zero attached hydrogens (tertiary/aromatic N) is 4. The van der Waals surface area contributed by atoms with E-state index in [2.05, 4.69) is 158 Å². The fourth-order valence-electron chi connectivity index (χ4n) is 6.94. The molecule has 2 aromatic heterocycles. The highest BCUT2D eigenvalue weighted by Gasteiger charge is 2.27. The predicted octanol–water partition coefficient (Wildman–Crippen LogP) is 11.0. The third-order valence-corrected chi connectivity index (χ3v) is 9.45. The molecule has 9 aromatic rings. The standard InChI is InChI=1S/C44H26N4/c1-3-9-33-25-35(23-17-27(33)7-1)29-13-19-31(20-14-29)42-45-40-37-11-5-6-12-38(37)41-39(40)44(47-42)48-43(46-41)32-21-15-30(16-22-32)36-24-18-28-8-2-4-10-34(28)26-36/h1-26H. The average Bonchev–Trinajstić information content (AvgIpc) is 3.48. The van der Waals surface area contributed by atoms with E-state index in [1.165, 1.54) is 32.7 Å². The van der Waals surface area contributed by atoms with Crippen LogP contribution in [0.15, 0.2) is 158 Å². The highest BCUT2D eigenvalue weighted by molar-refractivity contribution is 6.11. The van der Waals surface area contributed by atoms with Crippen molar-refractivity contribution in [2.24, 2.45) is 0 Å². The van der Waals surface area contributed by atoms with Gasteiger partial charge in [-0.1, -0.05) is 146 Å². The van der Waals surface area contributed by atoms with Crippen LogP contribution in [0.3, 0.4) is 0 Å². The highest BCUT2D eigenvalue weighted by atomic mass is 15.0. The Morgan fingerprint density at radius 1 is 0.292 bits per heavy atom. The normalized spacial score (nSPS) is 11.8. The van der Waals surface area contributed by atoms with Crippen molar-refractivity contribution >= 4 is 32.6 Å². The van der Waals surface area contributed by atoms with Gasteiger partial charge in [0, 0.05) is 22.3 Å². The van der Waals surface area contributed by atoms with E-state index in [9.17, 15) is 0 Å². The molecule has 0 radical (unpaired) electrons. The number of hydrogen-bond donors (Lipinski definition) is 0. The molecular weight excluding hydrogens is 585 g/mol. The SMILES string of the molecule is c1ccc2c(c1)-c1nc(-c3ccc(-c4ccc5ccccc5c4)cc3)nc3nc(-c4ccc(-c5ccc6ccccc6c5)cc4)nc-2c13. The van der Waals surface area contributed by atoms with E-state index in [0.717, 1.165) is 50.2 Å². The Hall–Kier alpha value is -6.52. The molecule has 4 nitrogen and oxygen atoms in total. The fraction of sp³-hybridized carbons (Fsp3) is 0. The van der Waals surface area contributed by atoms with Gasteiger partial charge in [-0.2, -0.15) is 0 Å². The molecule has 10 rings (SSSR count). The Balaban J connectivity index is 1.05. The number of hydrogen-bond acceptors (Lipinski definition) is 4. The fourth-order valence-corrected chi connectivity index (χ4v) is 6.94. The Morgan fingerprint density at radius 2 is 0.667 bits per heavy atom. The zero-order valence-corrected chi connectivity index (χ0v) is 25.8. The van der Waals surface area contributed by atoms with Gasteiger partial charge in [-0.3, -0.25) is 0 Å². The van der Waals surface area contributed by atoms with Crippen LogP contribution in [0.4, 0.5) is 0 Å². The quantitative estimate of drug-likeness (QED) is 0.199. The van der Waals surface area contributed by atoms with Crippen molar-refractivity contribution in [1.82, 2.24) is 19.9 Å². The molecule has 0 bridgehead atoms. The summed E-state index contributed by atoms with van der Waals surface area (Å²) in [5.74, 6) is 1.31. The molecule has 0 aliphatic heterocycles. The lowest BCUT2D eigenvalue weighted by molar-refractivity contribution is 1.16. The van der Waals surface area contributed by atoms with Crippen molar-refractivity contribution in [3.05, 3.63) is 158 Å². The van der Waals surface area contributed by atoms with Crippen molar-refractivity contribution < 1.29 is 0 Å². The van der Waals surface area contributed by atoms with Crippen LogP contribution in [-0.4, -0.2) is 19.9 Å². The maximum atomic E-state index is 5.10. The van der Waals surface area contributed by atoms with Gasteiger partial charge >= 0.3 is 0 Å². The predicted molar refractivity (Wildman–Crippen MR) is 196 cm³/mol. The summed E-state index contributed by atoms with van der Waals surface area (Å²) >= 11 is 0. The monoisotopic (exact) mass is 610 g/mol. The lowest BCUT2D eigenvalue weighted by atomic mass is 10.00. The van der Waals surface area contributed by atoms with Gasteiger partial charge in [0.25, 0.3) is 0 Å². The summed E-state index contributed by atoms with van der Waals surface area (Å²) in [5, 5.41) is 5.84. The van der Waals surface area contributed by atoms with Crippen molar-refractivity contribution in [2.75, 3.05) is 0 Å². The summed E-state index contributed by atoms with van der Waals surface area (Å²) in [6.45, 7) is 0. The van der Waals surface area contributed by atoms with E-state index < -0.39 is 0 Å². The van der Waals surface area contributed by atoms with Gasteiger partial charge in [0.15, 0.2) is 17.3 Å². The molecule has 222 valence electrons. The van der Waals surface area contributed by atoms with Crippen molar-refractivity contribution in [1.29, 1.82) is 0 Å². The molecule has 0 atom stereocenters. The second-order valence-electron chi connectivity index (χ2n) is 12.3. The summed E-state index contributed by atoms with van der Waals surface area (Å²) in [6, 6.07) is 55.4. The summed E-state index contributed by atoms with van der Waals surface area (Å²) < 4.78 is 0. The third-order valence-electron chi connectivity index (χ3n) is 9.45. The second kappa shape index (κ2) is 10.5. The van der Waals surface area contributed by atoms with Crippen LogP contribution in [-0.2, 0) is 0 Å². The molecule has 7 aromatic carbocycles.